The van der Waals surface area contributed by atoms with E-state index < -0.39 is 0 Å². The quantitative estimate of drug-likeness (QED) is 0.0617. The van der Waals surface area contributed by atoms with Crippen molar-refractivity contribution in [3.05, 3.63) is 0 Å². The third-order valence-electron chi connectivity index (χ3n) is 8.73. The van der Waals surface area contributed by atoms with E-state index in [1.54, 1.807) is 0 Å². The topological polar surface area (TPSA) is 35.5 Å². The molecule has 0 bridgehead atoms. The fourth-order valence-electron chi connectivity index (χ4n) is 5.97. The highest BCUT2D eigenvalue weighted by atomic mass is 16.6. The summed E-state index contributed by atoms with van der Waals surface area (Å²) in [4.78, 5) is 11.8. The number of unbranched alkanes of at least 4 members (excludes halogenated alkanes) is 27. The molecule has 1 aliphatic rings. The zero-order valence-corrected chi connectivity index (χ0v) is 26.8. The molecule has 0 spiro atoms. The third kappa shape index (κ3) is 22.8. The molecule has 0 radical (unpaired) electrons. The minimum atomic E-state index is -0.279. The molecule has 39 heavy (non-hydrogen) atoms. The van der Waals surface area contributed by atoms with Gasteiger partial charge >= 0.3 is 5.97 Å². The molecule has 0 amide bonds. The maximum atomic E-state index is 11.8. The van der Waals surface area contributed by atoms with E-state index in [9.17, 15) is 4.79 Å². The van der Waals surface area contributed by atoms with Crippen molar-refractivity contribution in [1.29, 1.82) is 0 Å². The summed E-state index contributed by atoms with van der Waals surface area (Å²) in [5, 5.41) is 0. The van der Waals surface area contributed by atoms with Gasteiger partial charge in [-0.2, -0.15) is 0 Å². The lowest BCUT2D eigenvalue weighted by atomic mass is 10.00. The predicted octanol–water partition coefficient (Wildman–Crippen LogP) is 12.0. The van der Waals surface area contributed by atoms with Crippen molar-refractivity contribution >= 4 is 5.97 Å². The van der Waals surface area contributed by atoms with E-state index in [0.29, 0.717) is 6.61 Å². The number of rotatable bonds is 32. The number of carbonyl (C=O) groups is 1. The lowest BCUT2D eigenvalue weighted by Gasteiger charge is -2.34. The van der Waals surface area contributed by atoms with Crippen LogP contribution in [0.1, 0.15) is 206 Å². The summed E-state index contributed by atoms with van der Waals surface area (Å²) in [6.07, 6.45) is 40.5. The lowest BCUT2D eigenvalue weighted by molar-refractivity contribution is -0.207. The average Bonchev–Trinajstić information content (AvgIpc) is 2.94. The number of hydrogen-bond donors (Lipinski definition) is 0. The van der Waals surface area contributed by atoms with E-state index in [-0.39, 0.29) is 18.2 Å². The van der Waals surface area contributed by atoms with Crippen LogP contribution in [0.3, 0.4) is 0 Å². The Kier molecular flexibility index (Phi) is 27.1. The number of carbonyl (C=O) groups excluding carboxylic acids is 1. The van der Waals surface area contributed by atoms with Crippen molar-refractivity contribution in [1.82, 2.24) is 0 Å². The molecule has 1 rings (SSSR count). The minimum Gasteiger partial charge on any atom is -0.457 e. The first-order chi connectivity index (χ1) is 19.3. The fraction of sp³-hybridized carbons (Fsp3) is 0.972. The minimum absolute atomic E-state index is 0.0196. The maximum Gasteiger partial charge on any atom is 0.339 e. The molecule has 0 aliphatic carbocycles. The molecule has 0 aromatic carbocycles. The summed E-state index contributed by atoms with van der Waals surface area (Å²) in [5.41, 5.74) is 0. The van der Waals surface area contributed by atoms with Gasteiger partial charge in [0.1, 0.15) is 6.10 Å². The summed E-state index contributed by atoms with van der Waals surface area (Å²) < 4.78 is 11.3. The number of cyclic esters (lactones) is 1. The SMILES string of the molecule is CCCCCCCCCCCCCCCCCC1OC(=O)C1OCCCCCCCCCCCCCCCC. The van der Waals surface area contributed by atoms with E-state index in [1.807, 2.05) is 0 Å². The molecule has 232 valence electrons. The molecule has 3 heteroatoms. The molecule has 1 fully saturated rings. The first-order valence-corrected chi connectivity index (χ1v) is 18.1. The van der Waals surface area contributed by atoms with E-state index in [1.165, 1.54) is 173 Å². The molecule has 0 N–H and O–H groups in total. The molecule has 0 aromatic rings. The molecule has 0 aromatic heterocycles. The van der Waals surface area contributed by atoms with Crippen molar-refractivity contribution in [2.24, 2.45) is 0 Å². The van der Waals surface area contributed by atoms with Crippen LogP contribution in [0.2, 0.25) is 0 Å². The second-order valence-electron chi connectivity index (χ2n) is 12.6. The first kappa shape index (κ1) is 36.5. The van der Waals surface area contributed by atoms with Gasteiger partial charge in [-0.15, -0.1) is 0 Å². The molecule has 2 atom stereocenters. The number of esters is 1. The van der Waals surface area contributed by atoms with Gasteiger partial charge in [0.2, 0.25) is 0 Å². The molecule has 3 nitrogen and oxygen atoms in total. The highest BCUT2D eigenvalue weighted by Gasteiger charge is 2.42. The Hall–Kier alpha value is -0.570. The highest BCUT2D eigenvalue weighted by Crippen LogP contribution is 2.25. The standard InChI is InChI=1S/C36H70O3/c1-3-5-7-9-11-13-15-17-19-20-22-24-26-28-30-32-34-35(36(37)39-34)38-33-31-29-27-25-23-21-18-16-14-12-10-8-6-4-2/h34-35H,3-33H2,1-2H3. The Morgan fingerprint density at radius 1 is 0.462 bits per heavy atom. The van der Waals surface area contributed by atoms with E-state index in [2.05, 4.69) is 13.8 Å². The van der Waals surface area contributed by atoms with E-state index in [0.717, 1.165) is 19.3 Å². The Labute approximate surface area is 245 Å². The van der Waals surface area contributed by atoms with Gasteiger partial charge in [-0.3, -0.25) is 0 Å². The maximum absolute atomic E-state index is 11.8. The van der Waals surface area contributed by atoms with Gasteiger partial charge in [-0.1, -0.05) is 187 Å². The van der Waals surface area contributed by atoms with Crippen molar-refractivity contribution in [3.8, 4) is 0 Å². The van der Waals surface area contributed by atoms with Crippen molar-refractivity contribution in [2.75, 3.05) is 6.61 Å². The van der Waals surface area contributed by atoms with Gasteiger partial charge < -0.3 is 9.47 Å². The molecule has 2 unspecified atom stereocenters. The number of ether oxygens (including phenoxy) is 2. The largest absolute Gasteiger partial charge is 0.457 e. The number of hydrogen-bond acceptors (Lipinski definition) is 3. The summed E-state index contributed by atoms with van der Waals surface area (Å²) in [7, 11) is 0. The predicted molar refractivity (Wildman–Crippen MR) is 169 cm³/mol. The average molecular weight is 551 g/mol. The van der Waals surface area contributed by atoms with Crippen LogP contribution in [0, 0.1) is 0 Å². The zero-order valence-electron chi connectivity index (χ0n) is 26.8. The van der Waals surface area contributed by atoms with Gasteiger partial charge in [0, 0.05) is 6.61 Å². The molecular weight excluding hydrogens is 480 g/mol. The molecule has 1 aliphatic heterocycles. The highest BCUT2D eigenvalue weighted by molar-refractivity contribution is 5.80. The van der Waals surface area contributed by atoms with Gasteiger partial charge in [0.25, 0.3) is 0 Å². The van der Waals surface area contributed by atoms with Crippen LogP contribution in [0.4, 0.5) is 0 Å². The van der Waals surface area contributed by atoms with Crippen LogP contribution in [-0.2, 0) is 14.3 Å². The van der Waals surface area contributed by atoms with Crippen LogP contribution in [-0.4, -0.2) is 24.8 Å². The van der Waals surface area contributed by atoms with Gasteiger partial charge in [-0.05, 0) is 19.3 Å². The van der Waals surface area contributed by atoms with Crippen molar-refractivity contribution in [2.45, 2.75) is 219 Å². The smallest absolute Gasteiger partial charge is 0.339 e. The second-order valence-corrected chi connectivity index (χ2v) is 12.6. The summed E-state index contributed by atoms with van der Waals surface area (Å²) in [6, 6.07) is 0. The summed E-state index contributed by atoms with van der Waals surface area (Å²) in [5.74, 6) is -0.133. The summed E-state index contributed by atoms with van der Waals surface area (Å²) in [6.45, 7) is 5.29. The van der Waals surface area contributed by atoms with E-state index >= 15 is 0 Å². The van der Waals surface area contributed by atoms with Crippen LogP contribution in [0.25, 0.3) is 0 Å². The van der Waals surface area contributed by atoms with Gasteiger partial charge in [-0.25, -0.2) is 4.79 Å². The van der Waals surface area contributed by atoms with Crippen LogP contribution >= 0.6 is 0 Å². The Bertz CT molecular complexity index is 506. The molecule has 1 heterocycles. The van der Waals surface area contributed by atoms with Crippen molar-refractivity contribution < 1.29 is 14.3 Å². The van der Waals surface area contributed by atoms with Crippen LogP contribution in [0.5, 0.6) is 0 Å². The lowest BCUT2D eigenvalue weighted by Crippen LogP contribution is -2.51. The van der Waals surface area contributed by atoms with Gasteiger partial charge in [0.15, 0.2) is 6.10 Å². The Morgan fingerprint density at radius 3 is 1.10 bits per heavy atom. The molecule has 0 saturated carbocycles. The first-order valence-electron chi connectivity index (χ1n) is 18.1. The zero-order chi connectivity index (χ0) is 28.1. The van der Waals surface area contributed by atoms with Crippen LogP contribution in [0.15, 0.2) is 0 Å². The Balaban J connectivity index is 1.80. The Morgan fingerprint density at radius 2 is 0.769 bits per heavy atom. The normalized spacial score (nSPS) is 16.9. The summed E-state index contributed by atoms with van der Waals surface area (Å²) >= 11 is 0. The van der Waals surface area contributed by atoms with Gasteiger partial charge in [0.05, 0.1) is 0 Å². The monoisotopic (exact) mass is 551 g/mol. The van der Waals surface area contributed by atoms with Crippen LogP contribution < -0.4 is 0 Å². The third-order valence-corrected chi connectivity index (χ3v) is 8.73. The molecule has 1 saturated heterocycles. The second kappa shape index (κ2) is 28.9. The molecular formula is C36H70O3. The fourth-order valence-corrected chi connectivity index (χ4v) is 5.97. The van der Waals surface area contributed by atoms with E-state index in [4.69, 9.17) is 9.47 Å². The van der Waals surface area contributed by atoms with Crippen molar-refractivity contribution in [3.63, 3.8) is 0 Å².